The second kappa shape index (κ2) is 4.47. The van der Waals surface area contributed by atoms with E-state index in [1.165, 1.54) is 5.56 Å². The van der Waals surface area contributed by atoms with Crippen molar-refractivity contribution in [1.29, 1.82) is 0 Å². The van der Waals surface area contributed by atoms with Crippen LogP contribution in [0.25, 0.3) is 0 Å². The van der Waals surface area contributed by atoms with E-state index in [9.17, 15) is 0 Å². The summed E-state index contributed by atoms with van der Waals surface area (Å²) in [5.41, 5.74) is 7.59. The number of nitrogens with zero attached hydrogens (tertiary/aromatic N) is 1. The lowest BCUT2D eigenvalue weighted by atomic mass is 9.96. The fourth-order valence-electron chi connectivity index (χ4n) is 2.31. The first-order valence-corrected chi connectivity index (χ1v) is 6.54. The zero-order chi connectivity index (χ0) is 11.8. The Morgan fingerprint density at radius 3 is 2.81 bits per heavy atom. The average molecular weight is 283 g/mol. The van der Waals surface area contributed by atoms with E-state index in [-0.39, 0.29) is 5.54 Å². The van der Waals surface area contributed by atoms with Gasteiger partial charge in [0.25, 0.3) is 0 Å². The van der Waals surface area contributed by atoms with Crippen molar-refractivity contribution in [3.8, 4) is 0 Å². The summed E-state index contributed by atoms with van der Waals surface area (Å²) in [6.07, 6.45) is 1.10. The van der Waals surface area contributed by atoms with E-state index in [2.05, 4.69) is 58.9 Å². The molecule has 1 saturated heterocycles. The third-order valence-corrected chi connectivity index (χ3v) is 4.19. The van der Waals surface area contributed by atoms with Crippen molar-refractivity contribution in [3.63, 3.8) is 0 Å². The largest absolute Gasteiger partial charge is 0.326 e. The average Bonchev–Trinajstić information content (AvgIpc) is 2.45. The molecule has 88 valence electrons. The summed E-state index contributed by atoms with van der Waals surface area (Å²) < 4.78 is 1.14. The molecule has 0 aliphatic carbocycles. The molecule has 0 bridgehead atoms. The molecule has 2 N–H and O–H groups in total. The number of hydrogen-bond acceptors (Lipinski definition) is 2. The van der Waals surface area contributed by atoms with Crippen molar-refractivity contribution < 1.29 is 0 Å². The highest BCUT2D eigenvalue weighted by atomic mass is 79.9. The van der Waals surface area contributed by atoms with Crippen LogP contribution in [0.3, 0.4) is 0 Å². The van der Waals surface area contributed by atoms with Gasteiger partial charge in [-0.05, 0) is 38.0 Å². The fraction of sp³-hybridized carbons (Fsp3) is 0.538. The van der Waals surface area contributed by atoms with Gasteiger partial charge in [-0.1, -0.05) is 28.1 Å². The topological polar surface area (TPSA) is 29.3 Å². The lowest BCUT2D eigenvalue weighted by Gasteiger charge is -2.34. The smallest absolute Gasteiger partial charge is 0.0308 e. The summed E-state index contributed by atoms with van der Waals surface area (Å²) in [5.74, 6) is 0. The number of likely N-dealkylation sites (tertiary alicyclic amines) is 1. The Kier molecular flexibility index (Phi) is 3.38. The first-order valence-electron chi connectivity index (χ1n) is 5.75. The van der Waals surface area contributed by atoms with Crippen LogP contribution in [0.1, 0.15) is 25.8 Å². The minimum atomic E-state index is 0.113. The normalized spacial score (nSPS) is 24.9. The van der Waals surface area contributed by atoms with Crippen molar-refractivity contribution in [1.82, 2.24) is 4.90 Å². The molecule has 1 aliphatic heterocycles. The molecule has 0 aromatic heterocycles. The van der Waals surface area contributed by atoms with Gasteiger partial charge in [-0.25, -0.2) is 0 Å². The molecule has 1 aromatic carbocycles. The number of benzene rings is 1. The highest BCUT2D eigenvalue weighted by molar-refractivity contribution is 9.10. The Morgan fingerprint density at radius 1 is 1.50 bits per heavy atom. The van der Waals surface area contributed by atoms with Crippen molar-refractivity contribution in [2.45, 2.75) is 38.4 Å². The molecular formula is C13H19BrN2. The molecule has 3 heteroatoms. The zero-order valence-electron chi connectivity index (χ0n) is 9.91. The maximum Gasteiger partial charge on any atom is 0.0308 e. The zero-order valence-corrected chi connectivity index (χ0v) is 11.5. The van der Waals surface area contributed by atoms with Gasteiger partial charge < -0.3 is 5.73 Å². The van der Waals surface area contributed by atoms with Gasteiger partial charge in [-0.15, -0.1) is 0 Å². The van der Waals surface area contributed by atoms with Crippen molar-refractivity contribution in [3.05, 3.63) is 34.3 Å². The van der Waals surface area contributed by atoms with Crippen LogP contribution in [0.5, 0.6) is 0 Å². The molecule has 2 nitrogen and oxygen atoms in total. The van der Waals surface area contributed by atoms with Crippen LogP contribution in [-0.4, -0.2) is 23.0 Å². The predicted octanol–water partition coefficient (Wildman–Crippen LogP) is 2.76. The van der Waals surface area contributed by atoms with E-state index in [0.717, 1.165) is 24.0 Å². The molecule has 1 fully saturated rings. The van der Waals surface area contributed by atoms with E-state index in [0.29, 0.717) is 6.04 Å². The van der Waals surface area contributed by atoms with Crippen LogP contribution >= 0.6 is 15.9 Å². The van der Waals surface area contributed by atoms with Gasteiger partial charge in [0.2, 0.25) is 0 Å². The Morgan fingerprint density at radius 2 is 2.25 bits per heavy atom. The monoisotopic (exact) mass is 282 g/mol. The van der Waals surface area contributed by atoms with Crippen LogP contribution in [0.15, 0.2) is 28.7 Å². The fourth-order valence-corrected chi connectivity index (χ4v) is 2.76. The van der Waals surface area contributed by atoms with Crippen LogP contribution in [-0.2, 0) is 6.54 Å². The number of halogens is 1. The van der Waals surface area contributed by atoms with Crippen LogP contribution < -0.4 is 5.73 Å². The third kappa shape index (κ3) is 2.31. The lowest BCUT2D eigenvalue weighted by molar-refractivity contribution is 0.154. The van der Waals surface area contributed by atoms with Gasteiger partial charge in [0.05, 0.1) is 0 Å². The Hall–Kier alpha value is -0.380. The lowest BCUT2D eigenvalue weighted by Crippen LogP contribution is -2.48. The number of hydrogen-bond donors (Lipinski definition) is 1. The van der Waals surface area contributed by atoms with Gasteiger partial charge in [-0.2, -0.15) is 0 Å². The molecule has 1 atom stereocenters. The SMILES string of the molecule is CC1(C)C(N)CCN1Cc1cccc(Br)c1. The van der Waals surface area contributed by atoms with E-state index >= 15 is 0 Å². The number of nitrogens with two attached hydrogens (primary N) is 1. The van der Waals surface area contributed by atoms with Crippen LogP contribution in [0.4, 0.5) is 0 Å². The molecule has 0 saturated carbocycles. The minimum Gasteiger partial charge on any atom is -0.326 e. The summed E-state index contributed by atoms with van der Waals surface area (Å²) in [7, 11) is 0. The van der Waals surface area contributed by atoms with Crippen molar-refractivity contribution >= 4 is 15.9 Å². The summed E-state index contributed by atoms with van der Waals surface area (Å²) in [4.78, 5) is 2.47. The van der Waals surface area contributed by atoms with E-state index < -0.39 is 0 Å². The second-order valence-electron chi connectivity index (χ2n) is 5.10. The molecule has 2 rings (SSSR count). The van der Waals surface area contributed by atoms with Crippen molar-refractivity contribution in [2.75, 3.05) is 6.54 Å². The highest BCUT2D eigenvalue weighted by Gasteiger charge is 2.38. The minimum absolute atomic E-state index is 0.113. The summed E-state index contributed by atoms with van der Waals surface area (Å²) in [5, 5.41) is 0. The van der Waals surface area contributed by atoms with E-state index in [4.69, 9.17) is 5.73 Å². The van der Waals surface area contributed by atoms with Crippen LogP contribution in [0, 0.1) is 0 Å². The van der Waals surface area contributed by atoms with E-state index in [1.807, 2.05) is 0 Å². The Labute approximate surface area is 106 Å². The summed E-state index contributed by atoms with van der Waals surface area (Å²) in [6, 6.07) is 8.79. The maximum atomic E-state index is 6.14. The first kappa shape index (κ1) is 12.1. The molecule has 1 heterocycles. The molecule has 16 heavy (non-hydrogen) atoms. The molecule has 1 aliphatic rings. The quantitative estimate of drug-likeness (QED) is 0.904. The molecule has 0 spiro atoms. The van der Waals surface area contributed by atoms with Gasteiger partial charge in [-0.3, -0.25) is 4.90 Å². The number of rotatable bonds is 2. The van der Waals surface area contributed by atoms with Gasteiger partial charge in [0, 0.05) is 29.1 Å². The Balaban J connectivity index is 2.11. The molecular weight excluding hydrogens is 264 g/mol. The predicted molar refractivity (Wildman–Crippen MR) is 71.2 cm³/mol. The third-order valence-electron chi connectivity index (χ3n) is 3.69. The molecule has 0 radical (unpaired) electrons. The standard InChI is InChI=1S/C13H19BrN2/c1-13(2)12(15)6-7-16(13)9-10-4-3-5-11(14)8-10/h3-5,8,12H,6-7,9,15H2,1-2H3. The Bertz CT molecular complexity index is 376. The maximum absolute atomic E-state index is 6.14. The molecule has 1 aromatic rings. The molecule has 0 amide bonds. The summed E-state index contributed by atoms with van der Waals surface area (Å²) >= 11 is 3.51. The second-order valence-corrected chi connectivity index (χ2v) is 6.02. The molecule has 1 unspecified atom stereocenters. The van der Waals surface area contributed by atoms with E-state index in [1.54, 1.807) is 0 Å². The van der Waals surface area contributed by atoms with Crippen molar-refractivity contribution in [2.24, 2.45) is 5.73 Å². The van der Waals surface area contributed by atoms with Gasteiger partial charge in [0.15, 0.2) is 0 Å². The first-order chi connectivity index (χ1) is 7.50. The summed E-state index contributed by atoms with van der Waals surface area (Å²) in [6.45, 7) is 6.56. The van der Waals surface area contributed by atoms with Gasteiger partial charge in [0.1, 0.15) is 0 Å². The highest BCUT2D eigenvalue weighted by Crippen LogP contribution is 2.29. The van der Waals surface area contributed by atoms with Gasteiger partial charge >= 0.3 is 0 Å². The van der Waals surface area contributed by atoms with Crippen LogP contribution in [0.2, 0.25) is 0 Å².